The Kier molecular flexibility index (Phi) is 6.69. The van der Waals surface area contributed by atoms with Crippen LogP contribution in [0.1, 0.15) is 65.5 Å². The molecule has 2 atom stereocenters. The lowest BCUT2D eigenvalue weighted by Crippen LogP contribution is -2.27. The Bertz CT molecular complexity index is 939. The van der Waals surface area contributed by atoms with Crippen molar-refractivity contribution in [2.75, 3.05) is 13.2 Å². The Morgan fingerprint density at radius 3 is 1.97 bits per heavy atom. The number of allylic oxidation sites excluding steroid dienone is 6. The van der Waals surface area contributed by atoms with Gasteiger partial charge in [0.25, 0.3) is 0 Å². The molecule has 3 rings (SSSR count). The Balaban J connectivity index is 1.91. The van der Waals surface area contributed by atoms with E-state index in [1.807, 2.05) is 6.92 Å². The van der Waals surface area contributed by atoms with Crippen LogP contribution in [0.4, 0.5) is 0 Å². The maximum atomic E-state index is 10.2. The monoisotopic (exact) mass is 422 g/mol. The van der Waals surface area contributed by atoms with Crippen LogP contribution in [0.15, 0.2) is 70.5 Å². The lowest BCUT2D eigenvalue weighted by molar-refractivity contribution is 0.196. The molecule has 168 valence electrons. The topological polar surface area (TPSA) is 60.7 Å². The molecule has 0 radical (unpaired) electrons. The van der Waals surface area contributed by atoms with Gasteiger partial charge in [-0.25, -0.2) is 0 Å². The molecule has 3 nitrogen and oxygen atoms in total. The molecule has 0 heterocycles. The van der Waals surface area contributed by atoms with Gasteiger partial charge in [-0.05, 0) is 49.0 Å². The molecule has 2 aliphatic carbocycles. The third-order valence-electron chi connectivity index (χ3n) is 7.36. The standard InChI is InChI=1S/C28H38O3/c1-18-11-20(16-29)14-24(12-18)27(3,4)22-7-9-23(10-8-22)28(5,6)25-13-19(2)26(31)21(15-25)17-30/h7-10,12-14,20-21,29-31H,11,15-17H2,1-6H3. The molecule has 0 saturated carbocycles. The summed E-state index contributed by atoms with van der Waals surface area (Å²) in [6, 6.07) is 8.86. The van der Waals surface area contributed by atoms with E-state index < -0.39 is 0 Å². The minimum Gasteiger partial charge on any atom is -0.512 e. The fourth-order valence-corrected chi connectivity index (χ4v) is 4.93. The van der Waals surface area contributed by atoms with E-state index in [4.69, 9.17) is 0 Å². The van der Waals surface area contributed by atoms with Gasteiger partial charge >= 0.3 is 0 Å². The van der Waals surface area contributed by atoms with Gasteiger partial charge in [-0.1, -0.05) is 81.3 Å². The van der Waals surface area contributed by atoms with E-state index in [-0.39, 0.29) is 35.9 Å². The predicted octanol–water partition coefficient (Wildman–Crippen LogP) is 5.90. The molecule has 1 aromatic carbocycles. The number of benzene rings is 1. The van der Waals surface area contributed by atoms with Crippen molar-refractivity contribution in [2.24, 2.45) is 11.8 Å². The van der Waals surface area contributed by atoms with Crippen molar-refractivity contribution < 1.29 is 15.3 Å². The van der Waals surface area contributed by atoms with Crippen LogP contribution in [0.3, 0.4) is 0 Å². The van der Waals surface area contributed by atoms with E-state index in [0.29, 0.717) is 12.2 Å². The van der Waals surface area contributed by atoms with Crippen LogP contribution in [-0.4, -0.2) is 28.5 Å². The van der Waals surface area contributed by atoms with Gasteiger partial charge in [0.2, 0.25) is 0 Å². The lowest BCUT2D eigenvalue weighted by atomic mass is 9.70. The first-order valence-corrected chi connectivity index (χ1v) is 11.3. The van der Waals surface area contributed by atoms with Crippen LogP contribution >= 0.6 is 0 Å². The molecule has 0 amide bonds. The predicted molar refractivity (Wildman–Crippen MR) is 128 cm³/mol. The second kappa shape index (κ2) is 8.80. The summed E-state index contributed by atoms with van der Waals surface area (Å²) in [5.74, 6) is 0.289. The maximum Gasteiger partial charge on any atom is 0.101 e. The van der Waals surface area contributed by atoms with E-state index in [9.17, 15) is 15.3 Å². The summed E-state index contributed by atoms with van der Waals surface area (Å²) in [4.78, 5) is 0. The van der Waals surface area contributed by atoms with Crippen molar-refractivity contribution in [2.45, 2.75) is 65.2 Å². The van der Waals surface area contributed by atoms with Crippen molar-refractivity contribution in [3.8, 4) is 0 Å². The van der Waals surface area contributed by atoms with Gasteiger partial charge in [0.15, 0.2) is 0 Å². The molecule has 0 saturated heterocycles. The average Bonchev–Trinajstić information content (AvgIpc) is 2.75. The SMILES string of the molecule is CC1=CC(C(C)(C)c2ccc(C(C)(C)C3=CC(C)=C(O)C(CO)C3)cc2)=CC(CO)C1. The molecule has 31 heavy (non-hydrogen) atoms. The van der Waals surface area contributed by atoms with E-state index in [1.165, 1.54) is 27.8 Å². The molecule has 0 fully saturated rings. The van der Waals surface area contributed by atoms with Gasteiger partial charge in [0, 0.05) is 29.3 Å². The third-order valence-corrected chi connectivity index (χ3v) is 7.36. The highest BCUT2D eigenvalue weighted by molar-refractivity contribution is 5.47. The highest BCUT2D eigenvalue weighted by Gasteiger charge is 2.33. The van der Waals surface area contributed by atoms with Gasteiger partial charge in [0.1, 0.15) is 5.76 Å². The molecular weight excluding hydrogens is 384 g/mol. The normalized spacial score (nSPS) is 22.8. The van der Waals surface area contributed by atoms with Crippen LogP contribution in [-0.2, 0) is 10.8 Å². The fourth-order valence-electron chi connectivity index (χ4n) is 4.93. The molecule has 0 spiro atoms. The molecule has 0 aliphatic heterocycles. The van der Waals surface area contributed by atoms with Crippen LogP contribution in [0, 0.1) is 11.8 Å². The number of hydrogen-bond acceptors (Lipinski definition) is 3. The van der Waals surface area contributed by atoms with Gasteiger partial charge in [-0.2, -0.15) is 0 Å². The van der Waals surface area contributed by atoms with Crippen molar-refractivity contribution in [3.05, 3.63) is 81.7 Å². The molecule has 2 unspecified atom stereocenters. The summed E-state index contributed by atoms with van der Waals surface area (Å²) >= 11 is 0. The number of aliphatic hydroxyl groups is 3. The van der Waals surface area contributed by atoms with E-state index in [1.54, 1.807) is 0 Å². The van der Waals surface area contributed by atoms with E-state index in [2.05, 4.69) is 77.1 Å². The van der Waals surface area contributed by atoms with Gasteiger partial charge in [0.05, 0.1) is 6.61 Å². The summed E-state index contributed by atoms with van der Waals surface area (Å²) in [5.41, 5.74) is 6.79. The number of rotatable bonds is 6. The van der Waals surface area contributed by atoms with Gasteiger partial charge in [-0.15, -0.1) is 0 Å². The Labute approximate surface area is 187 Å². The smallest absolute Gasteiger partial charge is 0.101 e. The molecule has 0 bridgehead atoms. The Morgan fingerprint density at radius 2 is 1.42 bits per heavy atom. The molecular formula is C28H38O3. The molecule has 3 heteroatoms. The average molecular weight is 423 g/mol. The maximum absolute atomic E-state index is 10.2. The van der Waals surface area contributed by atoms with E-state index >= 15 is 0 Å². The Hall–Kier alpha value is -2.10. The minimum atomic E-state index is -0.217. The first kappa shape index (κ1) is 23.6. The highest BCUT2D eigenvalue weighted by Crippen LogP contribution is 2.42. The van der Waals surface area contributed by atoms with Crippen LogP contribution in [0.2, 0.25) is 0 Å². The van der Waals surface area contributed by atoms with Crippen LogP contribution in [0.25, 0.3) is 0 Å². The summed E-state index contributed by atoms with van der Waals surface area (Å²) < 4.78 is 0. The Morgan fingerprint density at radius 1 is 0.839 bits per heavy atom. The second-order valence-corrected chi connectivity index (χ2v) is 10.4. The zero-order valence-corrected chi connectivity index (χ0v) is 19.9. The quantitative estimate of drug-likeness (QED) is 0.535. The fraction of sp³-hybridized carbons (Fsp3) is 0.500. The lowest BCUT2D eigenvalue weighted by Gasteiger charge is -2.35. The van der Waals surface area contributed by atoms with Crippen LogP contribution in [0.5, 0.6) is 0 Å². The summed E-state index contributed by atoms with van der Waals surface area (Å²) in [7, 11) is 0. The second-order valence-electron chi connectivity index (χ2n) is 10.4. The summed E-state index contributed by atoms with van der Waals surface area (Å²) in [6.07, 6.45) is 8.17. The highest BCUT2D eigenvalue weighted by atomic mass is 16.3. The first-order valence-electron chi connectivity index (χ1n) is 11.3. The third kappa shape index (κ3) is 4.58. The first-order chi connectivity index (χ1) is 14.5. The summed E-state index contributed by atoms with van der Waals surface area (Å²) in [5, 5.41) is 29.6. The van der Waals surface area contributed by atoms with E-state index in [0.717, 1.165) is 12.0 Å². The van der Waals surface area contributed by atoms with Crippen molar-refractivity contribution in [3.63, 3.8) is 0 Å². The minimum absolute atomic E-state index is 0.0411. The number of aliphatic hydroxyl groups excluding tert-OH is 3. The molecule has 2 aliphatic rings. The van der Waals surface area contributed by atoms with Crippen molar-refractivity contribution in [1.82, 2.24) is 0 Å². The van der Waals surface area contributed by atoms with Gasteiger partial charge < -0.3 is 15.3 Å². The van der Waals surface area contributed by atoms with Crippen molar-refractivity contribution in [1.29, 1.82) is 0 Å². The number of hydrogen-bond donors (Lipinski definition) is 3. The zero-order valence-electron chi connectivity index (χ0n) is 19.9. The molecule has 0 aromatic heterocycles. The zero-order chi connectivity index (χ0) is 23.0. The van der Waals surface area contributed by atoms with Crippen LogP contribution < -0.4 is 0 Å². The van der Waals surface area contributed by atoms with Gasteiger partial charge in [-0.3, -0.25) is 0 Å². The summed E-state index contributed by atoms with van der Waals surface area (Å²) in [6.45, 7) is 13.1. The largest absolute Gasteiger partial charge is 0.512 e. The molecule has 1 aromatic rings. The molecule has 3 N–H and O–H groups in total. The van der Waals surface area contributed by atoms with Crippen molar-refractivity contribution >= 4 is 0 Å².